The molecule has 10 rings (SSSR count). The minimum absolute atomic E-state index is 0.0382. The van der Waals surface area contributed by atoms with E-state index in [0.29, 0.717) is 36.0 Å². The monoisotopic (exact) mass is 643 g/mol. The summed E-state index contributed by atoms with van der Waals surface area (Å²) in [7, 11) is 0. The van der Waals surface area contributed by atoms with E-state index in [4.69, 9.17) is 33.9 Å². The van der Waals surface area contributed by atoms with Crippen molar-refractivity contribution in [3.8, 4) is 0 Å². The van der Waals surface area contributed by atoms with Crippen molar-refractivity contribution in [1.82, 2.24) is 0 Å². The summed E-state index contributed by atoms with van der Waals surface area (Å²) in [6.45, 7) is 15.5. The summed E-state index contributed by atoms with van der Waals surface area (Å²) < 4.78 is 14.4. The maximum atomic E-state index is 12.5. The third kappa shape index (κ3) is 4.60. The zero-order valence-corrected chi connectivity index (χ0v) is 29.1. The molecule has 0 unspecified atom stereocenters. The van der Waals surface area contributed by atoms with Gasteiger partial charge in [-0.25, -0.2) is 24.3 Å². The fourth-order valence-corrected chi connectivity index (χ4v) is 12.2. The first-order valence-electron chi connectivity index (χ1n) is 18.7. The van der Waals surface area contributed by atoms with Gasteiger partial charge < -0.3 is 14.3 Å². The molecule has 10 fully saturated rings. The van der Waals surface area contributed by atoms with Gasteiger partial charge in [-0.15, -0.1) is 0 Å². The summed E-state index contributed by atoms with van der Waals surface area (Å²) in [6.07, 6.45) is 10.7. The molecule has 9 nitrogen and oxygen atoms in total. The van der Waals surface area contributed by atoms with E-state index in [1.165, 1.54) is 12.8 Å². The Morgan fingerprint density at radius 1 is 0.717 bits per heavy atom. The molecular weight excluding hydrogens is 586 g/mol. The van der Waals surface area contributed by atoms with E-state index in [0.717, 1.165) is 57.1 Å². The molecule has 0 radical (unpaired) electrons. The Hall–Kier alpha value is -1.10. The molecule has 0 aromatic carbocycles. The smallest absolute Gasteiger partial charge is 0.334 e. The number of nitrogens with zero attached hydrogens (tertiary/aromatic N) is 1. The minimum Gasteiger partial charge on any atom is -0.371 e. The lowest BCUT2D eigenvalue weighted by Crippen LogP contribution is -2.71. The van der Waals surface area contributed by atoms with E-state index in [-0.39, 0.29) is 65.8 Å². The highest BCUT2D eigenvalue weighted by Gasteiger charge is 2.70. The third-order valence-electron chi connectivity index (χ3n) is 14.8. The van der Waals surface area contributed by atoms with Gasteiger partial charge in [0.05, 0.1) is 24.0 Å². The lowest BCUT2D eigenvalue weighted by Gasteiger charge is -2.62. The highest BCUT2D eigenvalue weighted by molar-refractivity contribution is 5.90. The van der Waals surface area contributed by atoms with E-state index in [1.807, 2.05) is 0 Å². The summed E-state index contributed by atoms with van der Waals surface area (Å²) >= 11 is 0. The highest BCUT2D eigenvalue weighted by Crippen LogP contribution is 2.63. The molecule has 0 aromatic heterocycles. The average molecular weight is 644 g/mol. The number of rotatable bonds is 5. The third-order valence-corrected chi connectivity index (χ3v) is 14.8. The molecule has 16 atom stereocenters. The lowest BCUT2D eigenvalue weighted by atomic mass is 9.55. The van der Waals surface area contributed by atoms with Crippen LogP contribution in [0.5, 0.6) is 0 Å². The van der Waals surface area contributed by atoms with Crippen LogP contribution in [0.4, 0.5) is 0 Å². The van der Waals surface area contributed by atoms with Gasteiger partial charge in [-0.05, 0) is 113 Å². The van der Waals surface area contributed by atoms with Crippen LogP contribution >= 0.6 is 0 Å². The van der Waals surface area contributed by atoms with Crippen LogP contribution in [-0.2, 0) is 38.7 Å². The number of hydrogen-bond donors (Lipinski definition) is 0. The summed E-state index contributed by atoms with van der Waals surface area (Å²) in [5, 5.41) is 4.66. The molecule has 0 aromatic rings. The van der Waals surface area contributed by atoms with Gasteiger partial charge in [0.2, 0.25) is 0 Å². The van der Waals surface area contributed by atoms with Gasteiger partial charge in [-0.3, -0.25) is 0 Å². The van der Waals surface area contributed by atoms with Crippen molar-refractivity contribution in [1.29, 1.82) is 0 Å². The molecule has 4 saturated carbocycles. The number of oxime groups is 1. The summed E-state index contributed by atoms with van der Waals surface area (Å²) in [6, 6.07) is 0. The lowest BCUT2D eigenvalue weighted by molar-refractivity contribution is -0.487. The summed E-state index contributed by atoms with van der Waals surface area (Å²) in [5.74, 6) is 2.57. The molecule has 6 saturated heterocycles. The molecule has 4 aliphatic carbocycles. The fourth-order valence-electron chi connectivity index (χ4n) is 12.2. The molecule has 4 bridgehead atoms. The van der Waals surface area contributed by atoms with E-state index >= 15 is 0 Å². The largest absolute Gasteiger partial charge is 0.371 e. The Labute approximate surface area is 274 Å². The number of carbonyl (C=O) groups excluding carboxylic acids is 1. The molecule has 6 heterocycles. The summed E-state index contributed by atoms with van der Waals surface area (Å²) in [5.41, 5.74) is -0.763. The van der Waals surface area contributed by atoms with Crippen LogP contribution < -0.4 is 0 Å². The predicted octanol–water partition coefficient (Wildman–Crippen LogP) is 7.10. The second kappa shape index (κ2) is 11.2. The van der Waals surface area contributed by atoms with E-state index in [9.17, 15) is 4.79 Å². The van der Waals surface area contributed by atoms with Crippen molar-refractivity contribution in [3.05, 3.63) is 0 Å². The first-order valence-corrected chi connectivity index (χ1v) is 18.7. The van der Waals surface area contributed by atoms with Crippen molar-refractivity contribution in [2.45, 2.75) is 172 Å². The molecule has 46 heavy (non-hydrogen) atoms. The van der Waals surface area contributed by atoms with Crippen molar-refractivity contribution < 1.29 is 38.7 Å². The Morgan fingerprint density at radius 2 is 1.26 bits per heavy atom. The standard InChI is InChI=1S/C37H57NO8/c1-8-32(39)42-38-28(33-23(5)27-12-10-21(3)25-14-16-35(7)19-31(41-33)37(25,27)46-44-35)17-29-22(4)26-11-9-20(2)24-13-15-34(6)18-30(40-29)36(24,26)45-43-34/h20-27,29-31,33H,8-19H2,1-7H3/b38-28-/t20-,21-,22-,23-,24+,25+,26+,27+,29-,30-,31-,33+,34+,35+,36-,37-/m1/s1. The maximum absolute atomic E-state index is 12.5. The summed E-state index contributed by atoms with van der Waals surface area (Å²) in [4.78, 5) is 43.7. The van der Waals surface area contributed by atoms with Crippen molar-refractivity contribution >= 4 is 11.7 Å². The van der Waals surface area contributed by atoms with Gasteiger partial charge >= 0.3 is 5.97 Å². The van der Waals surface area contributed by atoms with Gasteiger partial charge in [0.15, 0.2) is 0 Å². The quantitative estimate of drug-likeness (QED) is 0.136. The first-order chi connectivity index (χ1) is 21.9. The zero-order valence-electron chi connectivity index (χ0n) is 29.1. The SMILES string of the molecule is CCC(=O)O/N=C(/C[C@H]1O[C@@H]2C[C@]3(C)CC[C@H]4[C@H](C)CC[C@@H]([C@H]1C)[C@@]24OO3)[C@H]1O[C@@H]2C[C@]3(C)CC[C@H]4[C@H](C)CC[C@@H]([C@H]1C)[C@@]24OO3. The first kappa shape index (κ1) is 32.1. The van der Waals surface area contributed by atoms with E-state index in [1.54, 1.807) is 6.92 Å². The van der Waals surface area contributed by atoms with E-state index < -0.39 is 11.2 Å². The van der Waals surface area contributed by atoms with Crippen LogP contribution in [-0.4, -0.2) is 58.5 Å². The zero-order chi connectivity index (χ0) is 32.2. The number of hydrogen-bond acceptors (Lipinski definition) is 9. The van der Waals surface area contributed by atoms with Crippen LogP contribution in [0.15, 0.2) is 5.16 Å². The number of carbonyl (C=O) groups is 1. The number of ether oxygens (including phenoxy) is 2. The van der Waals surface area contributed by atoms with Gasteiger partial charge in [-0.2, -0.15) is 0 Å². The number of fused-ring (bicyclic) bond motifs is 4. The Bertz CT molecular complexity index is 1240. The minimum atomic E-state index is -0.448. The Kier molecular flexibility index (Phi) is 7.83. The van der Waals surface area contributed by atoms with Crippen molar-refractivity contribution in [2.75, 3.05) is 0 Å². The van der Waals surface area contributed by atoms with Crippen molar-refractivity contribution in [2.24, 2.45) is 52.5 Å². The Morgan fingerprint density at radius 3 is 1.83 bits per heavy atom. The highest BCUT2D eigenvalue weighted by atomic mass is 17.2. The van der Waals surface area contributed by atoms with Crippen LogP contribution in [0.2, 0.25) is 0 Å². The molecule has 6 aliphatic heterocycles. The fraction of sp³-hybridized carbons (Fsp3) is 0.946. The normalized spacial score (nSPS) is 55.9. The molecule has 2 spiro atoms. The molecule has 258 valence electrons. The molecule has 9 heteroatoms. The molecule has 0 N–H and O–H groups in total. The van der Waals surface area contributed by atoms with E-state index in [2.05, 4.69) is 46.7 Å². The molecular formula is C37H57NO8. The Balaban J connectivity index is 1.13. The topological polar surface area (TPSA) is 94.0 Å². The second-order valence-electron chi connectivity index (χ2n) is 17.5. The second-order valence-corrected chi connectivity index (χ2v) is 17.5. The molecule has 0 amide bonds. The van der Waals surface area contributed by atoms with Crippen LogP contribution in [0.1, 0.15) is 126 Å². The van der Waals surface area contributed by atoms with Crippen LogP contribution in [0.25, 0.3) is 0 Å². The maximum Gasteiger partial charge on any atom is 0.334 e. The van der Waals surface area contributed by atoms with Crippen LogP contribution in [0.3, 0.4) is 0 Å². The van der Waals surface area contributed by atoms with Crippen LogP contribution in [0, 0.1) is 47.3 Å². The predicted molar refractivity (Wildman–Crippen MR) is 169 cm³/mol. The molecule has 10 aliphatic rings. The van der Waals surface area contributed by atoms with Gasteiger partial charge in [0.1, 0.15) is 28.5 Å². The van der Waals surface area contributed by atoms with Crippen molar-refractivity contribution in [3.63, 3.8) is 0 Å². The average Bonchev–Trinajstić information content (AvgIpc) is 3.41. The van der Waals surface area contributed by atoms with Gasteiger partial charge in [-0.1, -0.05) is 39.8 Å². The van der Waals surface area contributed by atoms with Gasteiger partial charge in [0, 0.05) is 25.7 Å². The van der Waals surface area contributed by atoms with Gasteiger partial charge in [0.25, 0.3) is 0 Å².